The number of nitrogens with two attached hydrogens (primary N) is 2. The van der Waals surface area contributed by atoms with Crippen molar-refractivity contribution in [3.05, 3.63) is 0 Å². The zero-order valence-corrected chi connectivity index (χ0v) is 8.19. The Hall–Kier alpha value is -0.650. The summed E-state index contributed by atoms with van der Waals surface area (Å²) in [7, 11) is 0. The minimum atomic E-state index is -1.00. The van der Waals surface area contributed by atoms with Crippen molar-refractivity contribution < 1.29 is 14.6 Å². The maximum absolute atomic E-state index is 10.5. The first kappa shape index (κ1) is 11.4. The summed E-state index contributed by atoms with van der Waals surface area (Å²) < 4.78 is 5.45. The topological polar surface area (TPSA) is 98.6 Å². The molecule has 3 atom stereocenters. The van der Waals surface area contributed by atoms with E-state index in [1.165, 1.54) is 0 Å². The normalized spacial score (nSPS) is 26.9. The van der Waals surface area contributed by atoms with Crippen LogP contribution in [-0.2, 0) is 9.53 Å². The Morgan fingerprint density at radius 3 is 2.71 bits per heavy atom. The minimum Gasteiger partial charge on any atom is -0.480 e. The van der Waals surface area contributed by atoms with Gasteiger partial charge in [0.15, 0.2) is 0 Å². The second-order valence-electron chi connectivity index (χ2n) is 3.75. The lowest BCUT2D eigenvalue weighted by Crippen LogP contribution is -2.45. The van der Waals surface area contributed by atoms with E-state index >= 15 is 0 Å². The van der Waals surface area contributed by atoms with Crippen LogP contribution in [-0.4, -0.2) is 35.9 Å². The molecule has 1 rings (SSSR count). The highest BCUT2D eigenvalue weighted by atomic mass is 16.5. The molecule has 0 aromatic heterocycles. The van der Waals surface area contributed by atoms with E-state index in [9.17, 15) is 4.79 Å². The molecule has 1 heterocycles. The number of carboxylic acids is 1. The van der Waals surface area contributed by atoms with Crippen LogP contribution >= 0.6 is 0 Å². The molecule has 82 valence electrons. The Morgan fingerprint density at radius 1 is 1.50 bits per heavy atom. The summed E-state index contributed by atoms with van der Waals surface area (Å²) in [6, 6.07) is -1.14. The fourth-order valence-electron chi connectivity index (χ4n) is 1.65. The maximum atomic E-state index is 10.5. The fraction of sp³-hybridized carbons (Fsp3) is 0.889. The lowest BCUT2D eigenvalue weighted by atomic mass is 9.97. The summed E-state index contributed by atoms with van der Waals surface area (Å²) in [6.45, 7) is 0.723. The zero-order valence-electron chi connectivity index (χ0n) is 8.19. The van der Waals surface area contributed by atoms with Gasteiger partial charge in [-0.2, -0.15) is 0 Å². The van der Waals surface area contributed by atoms with Crippen LogP contribution in [0, 0.1) is 0 Å². The Kier molecular flexibility index (Phi) is 4.31. The van der Waals surface area contributed by atoms with Crippen LogP contribution in [0.5, 0.6) is 0 Å². The van der Waals surface area contributed by atoms with Crippen molar-refractivity contribution in [2.24, 2.45) is 11.5 Å². The molecular weight excluding hydrogens is 184 g/mol. The second-order valence-corrected chi connectivity index (χ2v) is 3.75. The van der Waals surface area contributed by atoms with Crippen molar-refractivity contribution in [1.29, 1.82) is 0 Å². The van der Waals surface area contributed by atoms with Crippen LogP contribution in [0.2, 0.25) is 0 Å². The lowest BCUT2D eigenvalue weighted by molar-refractivity contribution is -0.139. The van der Waals surface area contributed by atoms with Crippen LogP contribution in [0.4, 0.5) is 0 Å². The van der Waals surface area contributed by atoms with Crippen molar-refractivity contribution in [2.75, 3.05) is 6.61 Å². The molecule has 1 fully saturated rings. The van der Waals surface area contributed by atoms with Crippen molar-refractivity contribution in [3.8, 4) is 0 Å². The average Bonchev–Trinajstić information content (AvgIpc) is 2.19. The molecule has 0 radical (unpaired) electrons. The van der Waals surface area contributed by atoms with Gasteiger partial charge in [-0.15, -0.1) is 0 Å². The SMILES string of the molecule is NC(CC(N)C1CCCCO1)C(=O)O. The molecule has 0 aliphatic carbocycles. The van der Waals surface area contributed by atoms with Crippen molar-refractivity contribution in [1.82, 2.24) is 0 Å². The van der Waals surface area contributed by atoms with Gasteiger partial charge in [-0.3, -0.25) is 4.79 Å². The van der Waals surface area contributed by atoms with Gasteiger partial charge in [0.05, 0.1) is 6.10 Å². The minimum absolute atomic E-state index is 0.0193. The monoisotopic (exact) mass is 202 g/mol. The Bertz CT molecular complexity index is 192. The molecule has 0 saturated carbocycles. The highest BCUT2D eigenvalue weighted by Crippen LogP contribution is 2.16. The zero-order chi connectivity index (χ0) is 10.6. The molecule has 5 heteroatoms. The molecule has 0 amide bonds. The molecule has 0 aromatic carbocycles. The van der Waals surface area contributed by atoms with Crippen LogP contribution in [0.25, 0.3) is 0 Å². The third-order valence-corrected chi connectivity index (χ3v) is 2.54. The molecule has 5 nitrogen and oxygen atoms in total. The van der Waals surface area contributed by atoms with Gasteiger partial charge in [-0.05, 0) is 25.7 Å². The van der Waals surface area contributed by atoms with E-state index in [2.05, 4.69) is 0 Å². The van der Waals surface area contributed by atoms with Gasteiger partial charge in [0.1, 0.15) is 6.04 Å². The number of rotatable bonds is 4. The van der Waals surface area contributed by atoms with Crippen molar-refractivity contribution in [3.63, 3.8) is 0 Å². The molecular formula is C9H18N2O3. The number of ether oxygens (including phenoxy) is 1. The van der Waals surface area contributed by atoms with E-state index in [1.807, 2.05) is 0 Å². The highest BCUT2D eigenvalue weighted by molar-refractivity contribution is 5.73. The number of hydrogen-bond donors (Lipinski definition) is 3. The van der Waals surface area contributed by atoms with Crippen molar-refractivity contribution in [2.45, 2.75) is 43.9 Å². The van der Waals surface area contributed by atoms with E-state index < -0.39 is 12.0 Å². The summed E-state index contributed by atoms with van der Waals surface area (Å²) in [5, 5.41) is 8.61. The number of hydrogen-bond acceptors (Lipinski definition) is 4. The van der Waals surface area contributed by atoms with E-state index in [-0.39, 0.29) is 18.6 Å². The summed E-state index contributed by atoms with van der Waals surface area (Å²) in [4.78, 5) is 10.5. The van der Waals surface area contributed by atoms with Gasteiger partial charge in [0, 0.05) is 12.6 Å². The number of carboxylic acid groups (broad SMARTS) is 1. The molecule has 1 aliphatic heterocycles. The Labute approximate surface area is 83.4 Å². The van der Waals surface area contributed by atoms with Gasteiger partial charge >= 0.3 is 5.97 Å². The molecule has 5 N–H and O–H groups in total. The Balaban J connectivity index is 2.32. The molecule has 1 saturated heterocycles. The molecule has 1 aliphatic rings. The summed E-state index contributed by atoms with van der Waals surface area (Å²) in [6.07, 6.45) is 3.33. The van der Waals surface area contributed by atoms with Crippen LogP contribution in [0.3, 0.4) is 0 Å². The number of aliphatic carboxylic acids is 1. The van der Waals surface area contributed by atoms with E-state index in [0.29, 0.717) is 0 Å². The molecule has 14 heavy (non-hydrogen) atoms. The first-order chi connectivity index (χ1) is 6.61. The largest absolute Gasteiger partial charge is 0.480 e. The highest BCUT2D eigenvalue weighted by Gasteiger charge is 2.25. The molecule has 0 aromatic rings. The maximum Gasteiger partial charge on any atom is 0.320 e. The van der Waals surface area contributed by atoms with Gasteiger partial charge in [-0.25, -0.2) is 0 Å². The summed E-state index contributed by atoms with van der Waals surface area (Å²) in [5.74, 6) is -1.00. The third kappa shape index (κ3) is 3.25. The van der Waals surface area contributed by atoms with E-state index in [4.69, 9.17) is 21.3 Å². The smallest absolute Gasteiger partial charge is 0.320 e. The fourth-order valence-corrected chi connectivity index (χ4v) is 1.65. The predicted octanol–water partition coefficient (Wildman–Crippen LogP) is -0.315. The van der Waals surface area contributed by atoms with Gasteiger partial charge in [0.25, 0.3) is 0 Å². The molecule has 0 bridgehead atoms. The van der Waals surface area contributed by atoms with Crippen molar-refractivity contribution >= 4 is 5.97 Å². The standard InChI is InChI=1S/C9H18N2O3/c10-6(5-7(11)9(12)13)8-3-1-2-4-14-8/h6-8H,1-5,10-11H2,(H,12,13). The quantitative estimate of drug-likeness (QED) is 0.580. The van der Waals surface area contributed by atoms with Gasteiger partial charge in [0.2, 0.25) is 0 Å². The van der Waals surface area contributed by atoms with Gasteiger partial charge < -0.3 is 21.3 Å². The number of carbonyl (C=O) groups is 1. The lowest BCUT2D eigenvalue weighted by Gasteiger charge is -2.28. The Morgan fingerprint density at radius 2 is 2.21 bits per heavy atom. The van der Waals surface area contributed by atoms with E-state index in [0.717, 1.165) is 25.9 Å². The summed E-state index contributed by atoms with van der Waals surface area (Å²) >= 11 is 0. The van der Waals surface area contributed by atoms with Gasteiger partial charge in [-0.1, -0.05) is 0 Å². The summed E-state index contributed by atoms with van der Waals surface area (Å²) in [5.41, 5.74) is 11.2. The first-order valence-electron chi connectivity index (χ1n) is 4.97. The second kappa shape index (κ2) is 5.29. The molecule has 3 unspecified atom stereocenters. The first-order valence-corrected chi connectivity index (χ1v) is 4.97. The average molecular weight is 202 g/mol. The van der Waals surface area contributed by atoms with Crippen LogP contribution in [0.1, 0.15) is 25.7 Å². The third-order valence-electron chi connectivity index (χ3n) is 2.54. The molecule has 0 spiro atoms. The van der Waals surface area contributed by atoms with Crippen LogP contribution in [0.15, 0.2) is 0 Å². The van der Waals surface area contributed by atoms with E-state index in [1.54, 1.807) is 0 Å². The van der Waals surface area contributed by atoms with Crippen LogP contribution < -0.4 is 11.5 Å². The predicted molar refractivity (Wildman–Crippen MR) is 51.8 cm³/mol.